The standard InChI is InChI=1S/C18H24O6/c1-9-4-12(19)17(13(20)5-9)11(8-16(23)24-3)18-14(21)6-10(2)7-15(18)22/h9-11,19,21H,4-8H2,1-3H3. The first-order chi connectivity index (χ1) is 11.2. The molecule has 0 heterocycles. The predicted molar refractivity (Wildman–Crippen MR) is 86.2 cm³/mol. The first kappa shape index (κ1) is 18.2. The van der Waals surface area contributed by atoms with Crippen LogP contribution in [0.15, 0.2) is 22.7 Å². The molecular weight excluding hydrogens is 312 g/mol. The molecule has 0 bridgehead atoms. The van der Waals surface area contributed by atoms with Gasteiger partial charge in [0.25, 0.3) is 0 Å². The van der Waals surface area contributed by atoms with Crippen molar-refractivity contribution in [2.45, 2.75) is 46.0 Å². The molecule has 2 aliphatic rings. The minimum Gasteiger partial charge on any atom is -0.512 e. The molecule has 0 amide bonds. The van der Waals surface area contributed by atoms with E-state index in [4.69, 9.17) is 0 Å². The van der Waals surface area contributed by atoms with Crippen LogP contribution in [0.1, 0.15) is 46.0 Å². The van der Waals surface area contributed by atoms with Crippen LogP contribution < -0.4 is 0 Å². The normalized spacial score (nSPS) is 26.6. The Bertz CT molecular complexity index is 581. The van der Waals surface area contributed by atoms with Crippen molar-refractivity contribution in [3.63, 3.8) is 0 Å². The molecule has 2 rings (SSSR count). The van der Waals surface area contributed by atoms with Gasteiger partial charge in [-0.05, 0) is 11.8 Å². The first-order valence-electron chi connectivity index (χ1n) is 8.21. The highest BCUT2D eigenvalue weighted by Gasteiger charge is 2.39. The quantitative estimate of drug-likeness (QED) is 0.766. The van der Waals surface area contributed by atoms with Crippen LogP contribution in [0, 0.1) is 17.8 Å². The Balaban J connectivity index is 2.52. The van der Waals surface area contributed by atoms with E-state index >= 15 is 0 Å². The fourth-order valence-electron chi connectivity index (χ4n) is 3.59. The molecule has 0 spiro atoms. The van der Waals surface area contributed by atoms with E-state index in [0.29, 0.717) is 12.8 Å². The van der Waals surface area contributed by atoms with Crippen molar-refractivity contribution in [2.75, 3.05) is 7.11 Å². The maximum Gasteiger partial charge on any atom is 0.306 e. The number of Topliss-reactive ketones (excluding diaryl/α,β-unsaturated/α-hetero) is 2. The maximum absolute atomic E-state index is 12.5. The highest BCUT2D eigenvalue weighted by Crippen LogP contribution is 2.39. The van der Waals surface area contributed by atoms with Crippen LogP contribution in [0.5, 0.6) is 0 Å². The summed E-state index contributed by atoms with van der Waals surface area (Å²) in [5.74, 6) is -2.30. The molecule has 6 heteroatoms. The third kappa shape index (κ3) is 3.68. The van der Waals surface area contributed by atoms with Crippen LogP contribution in [0.25, 0.3) is 0 Å². The molecule has 0 aromatic heterocycles. The third-order valence-electron chi connectivity index (χ3n) is 4.67. The average Bonchev–Trinajstić information content (AvgIpc) is 2.44. The zero-order valence-corrected chi connectivity index (χ0v) is 14.3. The van der Waals surface area contributed by atoms with E-state index in [2.05, 4.69) is 4.74 Å². The molecule has 0 fully saturated rings. The van der Waals surface area contributed by atoms with Crippen molar-refractivity contribution in [3.8, 4) is 0 Å². The molecule has 2 N–H and O–H groups in total. The molecule has 0 radical (unpaired) electrons. The zero-order valence-electron chi connectivity index (χ0n) is 14.3. The molecule has 132 valence electrons. The van der Waals surface area contributed by atoms with Gasteiger partial charge in [-0.3, -0.25) is 14.4 Å². The second kappa shape index (κ2) is 7.20. The van der Waals surface area contributed by atoms with Crippen molar-refractivity contribution >= 4 is 17.5 Å². The van der Waals surface area contributed by atoms with Gasteiger partial charge in [-0.25, -0.2) is 0 Å². The number of hydrogen-bond donors (Lipinski definition) is 2. The third-order valence-corrected chi connectivity index (χ3v) is 4.67. The lowest BCUT2D eigenvalue weighted by atomic mass is 9.73. The maximum atomic E-state index is 12.5. The van der Waals surface area contributed by atoms with E-state index < -0.39 is 11.9 Å². The number of esters is 1. The monoisotopic (exact) mass is 336 g/mol. The minimum absolute atomic E-state index is 0.00434. The van der Waals surface area contributed by atoms with Crippen LogP contribution in [-0.2, 0) is 19.1 Å². The highest BCUT2D eigenvalue weighted by molar-refractivity contribution is 6.04. The summed E-state index contributed by atoms with van der Waals surface area (Å²) in [4.78, 5) is 36.7. The Morgan fingerprint density at radius 3 is 1.75 bits per heavy atom. The van der Waals surface area contributed by atoms with E-state index in [9.17, 15) is 24.6 Å². The van der Waals surface area contributed by atoms with E-state index in [1.165, 1.54) is 7.11 Å². The fourth-order valence-corrected chi connectivity index (χ4v) is 3.59. The lowest BCUT2D eigenvalue weighted by molar-refractivity contribution is -0.141. The topological polar surface area (TPSA) is 101 Å². The van der Waals surface area contributed by atoms with Gasteiger partial charge in [0.1, 0.15) is 0 Å². The van der Waals surface area contributed by atoms with Crippen LogP contribution in [-0.4, -0.2) is 34.9 Å². The Labute approximate surface area is 141 Å². The van der Waals surface area contributed by atoms with Crippen molar-refractivity contribution < 1.29 is 29.3 Å². The Morgan fingerprint density at radius 2 is 1.42 bits per heavy atom. The van der Waals surface area contributed by atoms with Gasteiger partial charge in [-0.1, -0.05) is 13.8 Å². The molecular formula is C18H24O6. The summed E-state index contributed by atoms with van der Waals surface area (Å²) in [7, 11) is 1.22. The number of aliphatic hydroxyl groups is 2. The van der Waals surface area contributed by atoms with Crippen molar-refractivity contribution in [1.82, 2.24) is 0 Å². The molecule has 0 aliphatic heterocycles. The summed E-state index contributed by atoms with van der Waals surface area (Å²) in [6.45, 7) is 3.70. The van der Waals surface area contributed by atoms with Gasteiger partial charge in [0.2, 0.25) is 0 Å². The molecule has 2 atom stereocenters. The number of rotatable bonds is 4. The molecule has 2 aliphatic carbocycles. The molecule has 0 saturated heterocycles. The highest BCUT2D eigenvalue weighted by atomic mass is 16.5. The number of methoxy groups -OCH3 is 1. The lowest BCUT2D eigenvalue weighted by Crippen LogP contribution is -2.31. The van der Waals surface area contributed by atoms with Crippen molar-refractivity contribution in [2.24, 2.45) is 17.8 Å². The van der Waals surface area contributed by atoms with Gasteiger partial charge in [0.05, 0.1) is 25.0 Å². The summed E-state index contributed by atoms with van der Waals surface area (Å²) in [5.41, 5.74) is 0.144. The van der Waals surface area contributed by atoms with Gasteiger partial charge < -0.3 is 14.9 Å². The number of ether oxygens (including phenoxy) is 1. The van der Waals surface area contributed by atoms with Gasteiger partial charge in [-0.2, -0.15) is 0 Å². The zero-order chi connectivity index (χ0) is 18.0. The number of allylic oxidation sites excluding steroid dienone is 4. The molecule has 2 unspecified atom stereocenters. The smallest absolute Gasteiger partial charge is 0.306 e. The summed E-state index contributed by atoms with van der Waals surface area (Å²) >= 11 is 0. The Kier molecular flexibility index (Phi) is 5.47. The Hall–Kier alpha value is -2.11. The number of ketones is 2. The summed E-state index contributed by atoms with van der Waals surface area (Å²) < 4.78 is 4.68. The average molecular weight is 336 g/mol. The molecule has 0 aromatic rings. The second-order valence-corrected chi connectivity index (χ2v) is 6.93. The van der Waals surface area contributed by atoms with Crippen LogP contribution in [0.2, 0.25) is 0 Å². The summed E-state index contributed by atoms with van der Waals surface area (Å²) in [5, 5.41) is 20.6. The van der Waals surface area contributed by atoms with E-state index in [1.807, 2.05) is 13.8 Å². The number of carbonyl (C=O) groups is 3. The number of carbonyl (C=O) groups excluding carboxylic acids is 3. The second-order valence-electron chi connectivity index (χ2n) is 6.93. The van der Waals surface area contributed by atoms with E-state index in [0.717, 1.165) is 0 Å². The van der Waals surface area contributed by atoms with Gasteiger partial charge in [0.15, 0.2) is 11.6 Å². The summed E-state index contributed by atoms with van der Waals surface area (Å²) in [6, 6.07) is 0. The molecule has 0 saturated carbocycles. The van der Waals surface area contributed by atoms with Crippen LogP contribution in [0.4, 0.5) is 0 Å². The predicted octanol–water partition coefficient (Wildman–Crippen LogP) is 2.79. The fraction of sp³-hybridized carbons (Fsp3) is 0.611. The first-order valence-corrected chi connectivity index (χ1v) is 8.21. The molecule has 24 heavy (non-hydrogen) atoms. The molecule has 6 nitrogen and oxygen atoms in total. The van der Waals surface area contributed by atoms with Gasteiger partial charge >= 0.3 is 5.97 Å². The lowest BCUT2D eigenvalue weighted by Gasteiger charge is -2.30. The number of aliphatic hydroxyl groups excluding tert-OH is 2. The number of hydrogen-bond acceptors (Lipinski definition) is 6. The van der Waals surface area contributed by atoms with Crippen LogP contribution >= 0.6 is 0 Å². The van der Waals surface area contributed by atoms with E-state index in [1.54, 1.807) is 0 Å². The summed E-state index contributed by atoms with van der Waals surface area (Å²) in [6.07, 6.45) is 0.871. The van der Waals surface area contributed by atoms with Gasteiger partial charge in [0, 0.05) is 42.7 Å². The van der Waals surface area contributed by atoms with E-state index in [-0.39, 0.29) is 65.3 Å². The van der Waals surface area contributed by atoms with Gasteiger partial charge in [-0.15, -0.1) is 0 Å². The molecule has 0 aromatic carbocycles. The van der Waals surface area contributed by atoms with Crippen molar-refractivity contribution in [1.29, 1.82) is 0 Å². The van der Waals surface area contributed by atoms with Crippen LogP contribution in [0.3, 0.4) is 0 Å². The Morgan fingerprint density at radius 1 is 1.00 bits per heavy atom. The largest absolute Gasteiger partial charge is 0.512 e. The SMILES string of the molecule is COC(=O)CC(C1=C(O)CC(C)CC1=O)C1=C(O)CC(C)CC1=O. The minimum atomic E-state index is -0.947. The van der Waals surface area contributed by atoms with Crippen molar-refractivity contribution in [3.05, 3.63) is 22.7 Å².